The van der Waals surface area contributed by atoms with E-state index in [1.165, 1.54) is 13.8 Å². The molecule has 0 aliphatic heterocycles. The third-order valence-electron chi connectivity index (χ3n) is 7.66. The average Bonchev–Trinajstić information content (AvgIpc) is 3.16. The fourth-order valence-corrected chi connectivity index (χ4v) is 4.65. The topological polar surface area (TPSA) is 342 Å². The second-order valence-corrected chi connectivity index (χ2v) is 12.6. The molecular weight excluding hydrogens is 744 g/mol. The number of aliphatic hydroxyl groups is 1. The fraction of sp³-hybridized carbons (Fsp3) is 0.545. The molecule has 1 aromatic rings. The van der Waals surface area contributed by atoms with Gasteiger partial charge < -0.3 is 64.2 Å². The Morgan fingerprint density at radius 2 is 1.16 bits per heavy atom. The van der Waals surface area contributed by atoms with Crippen LogP contribution < -0.4 is 54.0 Å². The lowest BCUT2D eigenvalue weighted by Gasteiger charge is -2.23. The van der Waals surface area contributed by atoms with Gasteiger partial charge in [0.2, 0.25) is 47.3 Å². The largest absolute Gasteiger partial charge is 0.480 e. The summed E-state index contributed by atoms with van der Waals surface area (Å²) in [7, 11) is 0. The molecule has 6 atom stereocenters. The minimum atomic E-state index is -1.53. The minimum absolute atomic E-state index is 0.00944. The highest BCUT2D eigenvalue weighted by molar-refractivity contribution is 7.80. The predicted octanol–water partition coefficient (Wildman–Crippen LogP) is -5.50. The summed E-state index contributed by atoms with van der Waals surface area (Å²) in [6.45, 7) is 0.237. The van der Waals surface area contributed by atoms with Gasteiger partial charge in [-0.15, -0.1) is 0 Å². The van der Waals surface area contributed by atoms with Crippen LogP contribution >= 0.6 is 12.6 Å². The molecular formula is C33H52N10O11S. The van der Waals surface area contributed by atoms with Gasteiger partial charge in [0.15, 0.2) is 0 Å². The molecule has 0 fully saturated rings. The van der Waals surface area contributed by atoms with Crippen LogP contribution in [0.5, 0.6) is 0 Å². The molecule has 0 saturated carbocycles. The Morgan fingerprint density at radius 1 is 0.655 bits per heavy atom. The van der Waals surface area contributed by atoms with Crippen molar-refractivity contribution in [1.29, 1.82) is 0 Å². The van der Waals surface area contributed by atoms with Crippen molar-refractivity contribution in [1.82, 2.24) is 42.5 Å². The zero-order chi connectivity index (χ0) is 41.5. The Kier molecular flexibility index (Phi) is 22.2. The number of aliphatic carboxylic acids is 1. The van der Waals surface area contributed by atoms with Crippen molar-refractivity contribution in [2.75, 3.05) is 38.5 Å². The summed E-state index contributed by atoms with van der Waals surface area (Å²) in [4.78, 5) is 111. The number of nitrogens with two attached hydrogens (primary N) is 2. The highest BCUT2D eigenvalue weighted by Gasteiger charge is 2.27. The smallest absolute Gasteiger partial charge is 0.326 e. The molecule has 306 valence electrons. The SMILES string of the molecule is C[C@H](NC(=O)[C@H](C)NC(=O)[C@@H](N)CS)C(=O)N[C@@H](CCCCN)C(=O)NCC(=O)NCC(=O)N[C@@H](CO)C(=O)NCC(=O)N[C@@H](Cc1ccccc1)C(=O)O. The molecule has 0 unspecified atom stereocenters. The number of amides is 8. The Hall–Kier alpha value is -5.32. The molecule has 22 heteroatoms. The molecule has 0 aliphatic carbocycles. The van der Waals surface area contributed by atoms with Crippen LogP contribution in [0.2, 0.25) is 0 Å². The van der Waals surface area contributed by atoms with Gasteiger partial charge in [-0.2, -0.15) is 12.6 Å². The Labute approximate surface area is 323 Å². The Bertz CT molecular complexity index is 1490. The van der Waals surface area contributed by atoms with Crippen LogP contribution in [0.3, 0.4) is 0 Å². The maximum atomic E-state index is 12.9. The van der Waals surface area contributed by atoms with Crippen LogP contribution in [0.15, 0.2) is 30.3 Å². The van der Waals surface area contributed by atoms with Gasteiger partial charge in [0.1, 0.15) is 30.2 Å². The third kappa shape index (κ3) is 19.0. The van der Waals surface area contributed by atoms with Gasteiger partial charge >= 0.3 is 5.97 Å². The van der Waals surface area contributed by atoms with E-state index in [1.54, 1.807) is 30.3 Å². The molecule has 0 radical (unpaired) electrons. The molecule has 0 heterocycles. The van der Waals surface area contributed by atoms with Crippen LogP contribution in [-0.4, -0.2) is 138 Å². The quantitative estimate of drug-likeness (QED) is 0.0325. The monoisotopic (exact) mass is 796 g/mol. The van der Waals surface area contributed by atoms with E-state index in [2.05, 4.69) is 55.2 Å². The first-order valence-corrected chi connectivity index (χ1v) is 17.9. The summed E-state index contributed by atoms with van der Waals surface area (Å²) < 4.78 is 0. The van der Waals surface area contributed by atoms with Gasteiger partial charge in [0, 0.05) is 12.2 Å². The molecule has 1 rings (SSSR count). The van der Waals surface area contributed by atoms with Crippen LogP contribution in [-0.2, 0) is 49.6 Å². The van der Waals surface area contributed by atoms with Crippen molar-refractivity contribution in [3.8, 4) is 0 Å². The van der Waals surface area contributed by atoms with E-state index in [0.29, 0.717) is 24.9 Å². The first-order valence-electron chi connectivity index (χ1n) is 17.3. The number of carbonyl (C=O) groups is 9. The number of rotatable bonds is 25. The van der Waals surface area contributed by atoms with E-state index in [-0.39, 0.29) is 18.6 Å². The van der Waals surface area contributed by atoms with Crippen LogP contribution in [0, 0.1) is 0 Å². The number of hydrogen-bond acceptors (Lipinski definition) is 13. The van der Waals surface area contributed by atoms with E-state index in [4.69, 9.17) is 11.5 Å². The van der Waals surface area contributed by atoms with Crippen molar-refractivity contribution in [3.63, 3.8) is 0 Å². The molecule has 8 amide bonds. The van der Waals surface area contributed by atoms with Crippen LogP contribution in [0.1, 0.15) is 38.7 Å². The molecule has 1 aromatic carbocycles. The standard InChI is InChI=1S/C33H52N10O11S/c1-18(40-30(50)21(35)17-55)28(48)39-19(2)29(49)43-22(10-6-7-11-34)31(51)37-13-25(45)36-14-26(46)42-24(16-44)32(52)38-15-27(47)41-23(33(53)54)12-20-8-4-3-5-9-20/h3-5,8-9,18-19,21-24,44,55H,6-7,10-17,34-35H2,1-2H3,(H,36,45)(H,37,51)(H,38,52)(H,39,48)(H,40,50)(H,41,47)(H,42,46)(H,43,49)(H,53,54)/t18-,19-,21-,22-,23-,24-/m0/s1. The number of carboxylic acid groups (broad SMARTS) is 1. The van der Waals surface area contributed by atoms with Crippen molar-refractivity contribution in [2.24, 2.45) is 11.5 Å². The number of unbranched alkanes of at least 4 members (excludes halogenated alkanes) is 1. The number of nitrogens with one attached hydrogen (secondary N) is 8. The van der Waals surface area contributed by atoms with E-state index < -0.39 is 116 Å². The summed E-state index contributed by atoms with van der Waals surface area (Å²) in [6, 6.07) is 1.49. The van der Waals surface area contributed by atoms with Gasteiger partial charge in [0.25, 0.3) is 0 Å². The van der Waals surface area contributed by atoms with Gasteiger partial charge in [-0.3, -0.25) is 38.4 Å². The van der Waals surface area contributed by atoms with Crippen molar-refractivity contribution in [3.05, 3.63) is 35.9 Å². The lowest BCUT2D eigenvalue weighted by Crippen LogP contribution is -2.56. The lowest BCUT2D eigenvalue weighted by atomic mass is 10.1. The number of carboxylic acids is 1. The zero-order valence-electron chi connectivity index (χ0n) is 30.6. The van der Waals surface area contributed by atoms with Gasteiger partial charge in [0.05, 0.1) is 32.3 Å². The van der Waals surface area contributed by atoms with Crippen LogP contribution in [0.4, 0.5) is 0 Å². The van der Waals surface area contributed by atoms with Gasteiger partial charge in [-0.05, 0) is 45.2 Å². The van der Waals surface area contributed by atoms with Gasteiger partial charge in [-0.25, -0.2) is 4.79 Å². The second-order valence-electron chi connectivity index (χ2n) is 12.3. The summed E-state index contributed by atoms with van der Waals surface area (Å²) in [5, 5.41) is 37.6. The maximum absolute atomic E-state index is 12.9. The van der Waals surface area contributed by atoms with Crippen LogP contribution in [0.25, 0.3) is 0 Å². The van der Waals surface area contributed by atoms with Crippen molar-refractivity contribution in [2.45, 2.75) is 75.8 Å². The molecule has 14 N–H and O–H groups in total. The van der Waals surface area contributed by atoms with E-state index in [9.17, 15) is 53.4 Å². The molecule has 21 nitrogen and oxygen atoms in total. The number of hydrogen-bond donors (Lipinski definition) is 13. The molecule has 0 bridgehead atoms. The third-order valence-corrected chi connectivity index (χ3v) is 8.05. The molecule has 0 saturated heterocycles. The van der Waals surface area contributed by atoms with Crippen molar-refractivity contribution < 1.29 is 53.4 Å². The van der Waals surface area contributed by atoms with Gasteiger partial charge in [-0.1, -0.05) is 30.3 Å². The molecule has 0 spiro atoms. The highest BCUT2D eigenvalue weighted by atomic mass is 32.1. The maximum Gasteiger partial charge on any atom is 0.326 e. The molecule has 0 aliphatic rings. The molecule has 55 heavy (non-hydrogen) atoms. The van der Waals surface area contributed by atoms with E-state index >= 15 is 0 Å². The average molecular weight is 797 g/mol. The zero-order valence-corrected chi connectivity index (χ0v) is 31.5. The number of benzene rings is 1. The Morgan fingerprint density at radius 3 is 1.71 bits per heavy atom. The number of aliphatic hydroxyl groups excluding tert-OH is 1. The molecule has 0 aromatic heterocycles. The first kappa shape index (κ1) is 47.7. The number of thiol groups is 1. The van der Waals surface area contributed by atoms with E-state index in [1.807, 2.05) is 0 Å². The summed E-state index contributed by atoms with van der Waals surface area (Å²) in [5.41, 5.74) is 11.8. The van der Waals surface area contributed by atoms with E-state index in [0.717, 1.165) is 0 Å². The minimum Gasteiger partial charge on any atom is -0.480 e. The summed E-state index contributed by atoms with van der Waals surface area (Å²) in [6.07, 6.45) is 1.07. The second kappa shape index (κ2) is 25.7. The summed E-state index contributed by atoms with van der Waals surface area (Å²) >= 11 is 3.93. The Balaban J connectivity index is 2.60. The van der Waals surface area contributed by atoms with Crippen molar-refractivity contribution >= 4 is 65.9 Å². The number of carbonyl (C=O) groups excluding carboxylic acids is 8. The normalized spacial score (nSPS) is 13.9. The fourth-order valence-electron chi connectivity index (χ4n) is 4.49. The first-order chi connectivity index (χ1) is 26.0. The predicted molar refractivity (Wildman–Crippen MR) is 200 cm³/mol. The summed E-state index contributed by atoms with van der Waals surface area (Å²) in [5.74, 6) is -7.55. The highest BCUT2D eigenvalue weighted by Crippen LogP contribution is 2.04. The lowest BCUT2D eigenvalue weighted by molar-refractivity contribution is -0.141.